The van der Waals surface area contributed by atoms with Gasteiger partial charge in [0.1, 0.15) is 0 Å². The number of benzene rings is 1. The number of hydrogen-bond acceptors (Lipinski definition) is 3. The van der Waals surface area contributed by atoms with Crippen LogP contribution < -0.4 is 10.6 Å². The van der Waals surface area contributed by atoms with Gasteiger partial charge in [-0.15, -0.1) is 0 Å². The second-order valence-electron chi connectivity index (χ2n) is 6.53. The molecular formula is C17H21BrN4O. The van der Waals surface area contributed by atoms with Crippen LogP contribution >= 0.6 is 15.9 Å². The summed E-state index contributed by atoms with van der Waals surface area (Å²) in [4.78, 5) is 12.5. The number of hydrogen-bond donors (Lipinski definition) is 3. The van der Waals surface area contributed by atoms with Crippen molar-refractivity contribution in [3.05, 3.63) is 51.3 Å². The molecule has 0 saturated heterocycles. The van der Waals surface area contributed by atoms with Gasteiger partial charge in [-0.1, -0.05) is 41.9 Å². The summed E-state index contributed by atoms with van der Waals surface area (Å²) in [5, 5.41) is 13.5. The maximum atomic E-state index is 12.5. The van der Waals surface area contributed by atoms with Crippen LogP contribution in [0.1, 0.15) is 41.2 Å². The largest absolute Gasteiger partial charge is 0.350 e. The van der Waals surface area contributed by atoms with E-state index in [1.165, 1.54) is 5.56 Å². The van der Waals surface area contributed by atoms with Crippen molar-refractivity contribution in [3.8, 4) is 0 Å². The second-order valence-corrected chi connectivity index (χ2v) is 7.45. The molecule has 0 bridgehead atoms. The van der Waals surface area contributed by atoms with E-state index < -0.39 is 0 Å². The summed E-state index contributed by atoms with van der Waals surface area (Å²) >= 11 is 3.45. The molecule has 1 aliphatic rings. The van der Waals surface area contributed by atoms with Gasteiger partial charge in [0.2, 0.25) is 0 Å². The maximum Gasteiger partial charge on any atom is 0.272 e. The number of nitrogens with one attached hydrogen (secondary N) is 3. The van der Waals surface area contributed by atoms with Gasteiger partial charge in [0.05, 0.1) is 0 Å². The molecule has 23 heavy (non-hydrogen) atoms. The molecule has 1 aromatic heterocycles. The smallest absolute Gasteiger partial charge is 0.272 e. The van der Waals surface area contributed by atoms with E-state index >= 15 is 0 Å². The highest BCUT2D eigenvalue weighted by Gasteiger charge is 2.25. The van der Waals surface area contributed by atoms with Gasteiger partial charge in [0, 0.05) is 47.2 Å². The molecule has 2 heterocycles. The molecule has 3 N–H and O–H groups in total. The quantitative estimate of drug-likeness (QED) is 0.767. The number of aromatic nitrogens is 2. The minimum absolute atomic E-state index is 0.114. The minimum Gasteiger partial charge on any atom is -0.350 e. The van der Waals surface area contributed by atoms with Gasteiger partial charge in [-0.2, -0.15) is 5.10 Å². The van der Waals surface area contributed by atoms with E-state index in [-0.39, 0.29) is 11.3 Å². The van der Waals surface area contributed by atoms with Crippen LogP contribution in [0.4, 0.5) is 0 Å². The Bertz CT molecular complexity index is 706. The lowest BCUT2D eigenvalue weighted by Gasteiger charge is -2.25. The first-order valence-electron chi connectivity index (χ1n) is 7.78. The summed E-state index contributed by atoms with van der Waals surface area (Å²) < 4.78 is 1.05. The van der Waals surface area contributed by atoms with Crippen molar-refractivity contribution in [2.45, 2.75) is 32.2 Å². The highest BCUT2D eigenvalue weighted by molar-refractivity contribution is 9.10. The predicted octanol–water partition coefficient (Wildman–Crippen LogP) is 2.53. The Labute approximate surface area is 144 Å². The Kier molecular flexibility index (Phi) is 4.55. The molecule has 0 spiro atoms. The number of H-pyrrole nitrogens is 1. The summed E-state index contributed by atoms with van der Waals surface area (Å²) in [7, 11) is 0. The van der Waals surface area contributed by atoms with Gasteiger partial charge in [-0.25, -0.2) is 0 Å². The summed E-state index contributed by atoms with van der Waals surface area (Å²) in [5.41, 5.74) is 3.62. The molecule has 0 fully saturated rings. The molecule has 0 aliphatic carbocycles. The number of rotatable bonds is 4. The van der Waals surface area contributed by atoms with Crippen molar-refractivity contribution in [1.82, 2.24) is 20.8 Å². The zero-order chi connectivity index (χ0) is 16.4. The molecule has 6 heteroatoms. The summed E-state index contributed by atoms with van der Waals surface area (Å²) in [6.45, 7) is 6.43. The monoisotopic (exact) mass is 376 g/mol. The van der Waals surface area contributed by atoms with E-state index in [1.807, 2.05) is 12.1 Å². The molecule has 1 amide bonds. The molecule has 1 aliphatic heterocycles. The first-order valence-corrected chi connectivity index (χ1v) is 8.58. The van der Waals surface area contributed by atoms with Crippen LogP contribution in [0, 0.1) is 0 Å². The average molecular weight is 377 g/mol. The van der Waals surface area contributed by atoms with Crippen LogP contribution in [-0.4, -0.2) is 29.2 Å². The molecule has 1 aromatic carbocycles. The Morgan fingerprint density at radius 3 is 2.83 bits per heavy atom. The first kappa shape index (κ1) is 16.2. The highest BCUT2D eigenvalue weighted by atomic mass is 79.9. The zero-order valence-electron chi connectivity index (χ0n) is 13.4. The Hall–Kier alpha value is -1.66. The molecule has 0 radical (unpaired) electrons. The van der Waals surface area contributed by atoms with Crippen molar-refractivity contribution >= 4 is 21.8 Å². The third-order valence-electron chi connectivity index (χ3n) is 4.34. The number of halogens is 1. The van der Waals surface area contributed by atoms with Crippen LogP contribution in [0.15, 0.2) is 28.7 Å². The van der Waals surface area contributed by atoms with Gasteiger partial charge in [-0.05, 0) is 17.7 Å². The number of amides is 1. The number of aromatic amines is 1. The molecule has 122 valence electrons. The van der Waals surface area contributed by atoms with Crippen molar-refractivity contribution in [2.75, 3.05) is 13.1 Å². The standard InChI is InChI=1S/C17H21BrN4O/c1-17(2,11-3-5-12(18)6-4-11)10-20-16(23)15-13-9-19-8-7-14(13)21-22-15/h3-6,19H,7-10H2,1-2H3,(H,20,23)(H,21,22). The Morgan fingerprint density at radius 1 is 1.35 bits per heavy atom. The molecule has 0 atom stereocenters. The van der Waals surface area contributed by atoms with Crippen molar-refractivity contribution in [2.24, 2.45) is 0 Å². The van der Waals surface area contributed by atoms with E-state index in [2.05, 4.69) is 62.7 Å². The maximum absolute atomic E-state index is 12.5. The second kappa shape index (κ2) is 6.45. The van der Waals surface area contributed by atoms with Gasteiger partial charge >= 0.3 is 0 Å². The van der Waals surface area contributed by atoms with Gasteiger partial charge < -0.3 is 10.6 Å². The van der Waals surface area contributed by atoms with E-state index in [0.717, 1.165) is 28.7 Å². The molecule has 3 rings (SSSR count). The highest BCUT2D eigenvalue weighted by Crippen LogP contribution is 2.24. The lowest BCUT2D eigenvalue weighted by molar-refractivity contribution is 0.0939. The summed E-state index contributed by atoms with van der Waals surface area (Å²) in [5.74, 6) is -0.114. The normalized spacial score (nSPS) is 14.4. The van der Waals surface area contributed by atoms with E-state index in [4.69, 9.17) is 0 Å². The third kappa shape index (κ3) is 3.48. The first-order chi connectivity index (χ1) is 11.0. The van der Waals surface area contributed by atoms with Gasteiger partial charge in [0.15, 0.2) is 5.69 Å². The number of fused-ring (bicyclic) bond motifs is 1. The molecule has 0 unspecified atom stereocenters. The summed E-state index contributed by atoms with van der Waals surface area (Å²) in [6, 6.07) is 8.20. The van der Waals surface area contributed by atoms with E-state index in [0.29, 0.717) is 18.8 Å². The molecule has 0 saturated carbocycles. The van der Waals surface area contributed by atoms with Crippen LogP contribution in [0.5, 0.6) is 0 Å². The predicted molar refractivity (Wildman–Crippen MR) is 93.5 cm³/mol. The SMILES string of the molecule is CC(C)(CNC(=O)c1n[nH]c2c1CNCC2)c1ccc(Br)cc1. The lowest BCUT2D eigenvalue weighted by Crippen LogP contribution is -2.37. The number of nitrogens with zero attached hydrogens (tertiary/aromatic N) is 1. The van der Waals surface area contributed by atoms with Crippen molar-refractivity contribution < 1.29 is 4.79 Å². The van der Waals surface area contributed by atoms with Crippen molar-refractivity contribution in [1.29, 1.82) is 0 Å². The van der Waals surface area contributed by atoms with Gasteiger partial charge in [0.25, 0.3) is 5.91 Å². The summed E-state index contributed by atoms with van der Waals surface area (Å²) in [6.07, 6.45) is 0.889. The Balaban J connectivity index is 1.68. The fourth-order valence-electron chi connectivity index (χ4n) is 2.80. The minimum atomic E-state index is -0.148. The third-order valence-corrected chi connectivity index (χ3v) is 4.87. The van der Waals surface area contributed by atoms with Crippen LogP contribution in [-0.2, 0) is 18.4 Å². The topological polar surface area (TPSA) is 69.8 Å². The molecular weight excluding hydrogens is 356 g/mol. The Morgan fingerprint density at radius 2 is 2.09 bits per heavy atom. The van der Waals surface area contributed by atoms with Crippen molar-refractivity contribution in [3.63, 3.8) is 0 Å². The lowest BCUT2D eigenvalue weighted by atomic mass is 9.84. The van der Waals surface area contributed by atoms with Crippen LogP contribution in [0.2, 0.25) is 0 Å². The van der Waals surface area contributed by atoms with E-state index in [9.17, 15) is 4.79 Å². The number of carbonyl (C=O) groups excluding carboxylic acids is 1. The van der Waals surface area contributed by atoms with Crippen LogP contribution in [0.25, 0.3) is 0 Å². The number of carbonyl (C=O) groups is 1. The van der Waals surface area contributed by atoms with E-state index in [1.54, 1.807) is 0 Å². The molecule has 5 nitrogen and oxygen atoms in total. The average Bonchev–Trinajstić information content (AvgIpc) is 2.97. The molecule has 2 aromatic rings. The zero-order valence-corrected chi connectivity index (χ0v) is 15.0. The van der Waals surface area contributed by atoms with Crippen LogP contribution in [0.3, 0.4) is 0 Å². The fraction of sp³-hybridized carbons (Fsp3) is 0.412. The van der Waals surface area contributed by atoms with Gasteiger partial charge in [-0.3, -0.25) is 9.89 Å². The fourth-order valence-corrected chi connectivity index (χ4v) is 3.07.